The van der Waals surface area contributed by atoms with Gasteiger partial charge in [-0.2, -0.15) is 0 Å². The first-order chi connectivity index (χ1) is 6.94. The van der Waals surface area contributed by atoms with Gasteiger partial charge in [-0.15, -0.1) is 0 Å². The molecular weight excluding hydrogens is 196 g/mol. The van der Waals surface area contributed by atoms with E-state index in [1.807, 2.05) is 27.7 Å². The molecule has 15 heavy (non-hydrogen) atoms. The fourth-order valence-corrected chi connectivity index (χ4v) is 2.41. The SMILES string of the molecule is CC[C@@]1(C=O)O[C@@H]2OC(C)(C)O[C@@H]2[C@@H]1C. The molecule has 0 aromatic rings. The molecule has 0 aromatic carbocycles. The van der Waals surface area contributed by atoms with Crippen LogP contribution in [-0.4, -0.2) is 30.1 Å². The standard InChI is InChI=1S/C11H18O4/c1-5-11(6-12)7(2)8-9(15-11)14-10(3,4)13-8/h6-9H,5H2,1-4H3/t7-,8+,9-,11-/m0/s1. The van der Waals surface area contributed by atoms with Gasteiger partial charge in [0.15, 0.2) is 18.4 Å². The molecule has 2 saturated heterocycles. The van der Waals surface area contributed by atoms with Crippen molar-refractivity contribution in [1.82, 2.24) is 0 Å². The van der Waals surface area contributed by atoms with Gasteiger partial charge in [0.25, 0.3) is 0 Å². The first-order valence-corrected chi connectivity index (χ1v) is 5.44. The van der Waals surface area contributed by atoms with E-state index in [1.54, 1.807) is 0 Å². The maximum Gasteiger partial charge on any atom is 0.188 e. The summed E-state index contributed by atoms with van der Waals surface area (Å²) in [4.78, 5) is 11.1. The Bertz CT molecular complexity index is 276. The van der Waals surface area contributed by atoms with E-state index < -0.39 is 17.7 Å². The molecule has 86 valence electrons. The smallest absolute Gasteiger partial charge is 0.188 e. The Labute approximate surface area is 89.9 Å². The Kier molecular flexibility index (Phi) is 2.41. The summed E-state index contributed by atoms with van der Waals surface area (Å²) < 4.78 is 17.0. The summed E-state index contributed by atoms with van der Waals surface area (Å²) in [7, 11) is 0. The highest BCUT2D eigenvalue weighted by atomic mass is 16.8. The first-order valence-electron chi connectivity index (χ1n) is 5.44. The van der Waals surface area contributed by atoms with E-state index in [4.69, 9.17) is 14.2 Å². The van der Waals surface area contributed by atoms with Crippen LogP contribution in [0, 0.1) is 5.92 Å². The normalized spacial score (nSPS) is 47.9. The van der Waals surface area contributed by atoms with Crippen LogP contribution < -0.4 is 0 Å². The summed E-state index contributed by atoms with van der Waals surface area (Å²) in [5.74, 6) is -0.571. The predicted octanol–water partition coefficient (Wildman–Crippen LogP) is 1.48. The van der Waals surface area contributed by atoms with E-state index in [1.165, 1.54) is 0 Å². The highest BCUT2D eigenvalue weighted by molar-refractivity contribution is 5.64. The molecule has 2 aliphatic rings. The molecule has 2 heterocycles. The summed E-state index contributed by atoms with van der Waals surface area (Å²) in [6.45, 7) is 7.64. The number of ether oxygens (including phenoxy) is 3. The van der Waals surface area contributed by atoms with E-state index >= 15 is 0 Å². The maximum absolute atomic E-state index is 11.1. The average Bonchev–Trinajstić information content (AvgIpc) is 2.59. The Morgan fingerprint density at radius 2 is 1.93 bits per heavy atom. The zero-order valence-electron chi connectivity index (χ0n) is 9.65. The van der Waals surface area contributed by atoms with E-state index in [-0.39, 0.29) is 12.0 Å². The quantitative estimate of drug-likeness (QED) is 0.653. The van der Waals surface area contributed by atoms with Gasteiger partial charge in [0.05, 0.1) is 0 Å². The second-order valence-corrected chi connectivity index (χ2v) is 4.80. The van der Waals surface area contributed by atoms with Crippen LogP contribution in [0.3, 0.4) is 0 Å². The minimum atomic E-state index is -0.730. The first kappa shape index (κ1) is 11.0. The van der Waals surface area contributed by atoms with Crippen LogP contribution in [0.2, 0.25) is 0 Å². The Hall–Kier alpha value is -0.450. The third-order valence-electron chi connectivity index (χ3n) is 3.44. The van der Waals surface area contributed by atoms with E-state index in [9.17, 15) is 4.79 Å². The fourth-order valence-electron chi connectivity index (χ4n) is 2.41. The molecule has 0 bridgehead atoms. The molecule has 4 heteroatoms. The number of aldehydes is 1. The number of hydrogen-bond acceptors (Lipinski definition) is 4. The van der Waals surface area contributed by atoms with Crippen molar-refractivity contribution in [2.24, 2.45) is 5.92 Å². The third-order valence-corrected chi connectivity index (χ3v) is 3.44. The summed E-state index contributed by atoms with van der Waals surface area (Å²) >= 11 is 0. The van der Waals surface area contributed by atoms with Gasteiger partial charge < -0.3 is 19.0 Å². The summed E-state index contributed by atoms with van der Waals surface area (Å²) in [5, 5.41) is 0. The molecule has 2 fully saturated rings. The molecular formula is C11H18O4. The minimum absolute atomic E-state index is 0.0341. The summed E-state index contributed by atoms with van der Waals surface area (Å²) in [6, 6.07) is 0. The van der Waals surface area contributed by atoms with Crippen LogP contribution in [0.25, 0.3) is 0 Å². The van der Waals surface area contributed by atoms with Crippen molar-refractivity contribution < 1.29 is 19.0 Å². The lowest BCUT2D eigenvalue weighted by Gasteiger charge is -2.29. The lowest BCUT2D eigenvalue weighted by molar-refractivity contribution is -0.226. The lowest BCUT2D eigenvalue weighted by Crippen LogP contribution is -2.40. The van der Waals surface area contributed by atoms with Crippen molar-refractivity contribution in [2.45, 2.75) is 57.9 Å². The van der Waals surface area contributed by atoms with Crippen LogP contribution in [0.1, 0.15) is 34.1 Å². The fraction of sp³-hybridized carbons (Fsp3) is 0.909. The predicted molar refractivity (Wildman–Crippen MR) is 53.2 cm³/mol. The number of carbonyl (C=O) groups is 1. The second kappa shape index (κ2) is 3.27. The van der Waals surface area contributed by atoms with Gasteiger partial charge in [0.2, 0.25) is 0 Å². The molecule has 4 atom stereocenters. The molecule has 0 saturated carbocycles. The molecule has 0 aliphatic carbocycles. The van der Waals surface area contributed by atoms with Crippen molar-refractivity contribution in [3.63, 3.8) is 0 Å². The molecule has 0 radical (unpaired) electrons. The summed E-state index contributed by atoms with van der Waals surface area (Å²) in [6.07, 6.45) is 0.998. The highest BCUT2D eigenvalue weighted by Crippen LogP contribution is 2.46. The Morgan fingerprint density at radius 3 is 2.40 bits per heavy atom. The van der Waals surface area contributed by atoms with Crippen LogP contribution in [0.4, 0.5) is 0 Å². The van der Waals surface area contributed by atoms with Crippen LogP contribution in [0.5, 0.6) is 0 Å². The third kappa shape index (κ3) is 1.51. The number of carbonyl (C=O) groups excluding carboxylic acids is 1. The van der Waals surface area contributed by atoms with Gasteiger partial charge in [-0.1, -0.05) is 13.8 Å². The number of hydrogen-bond donors (Lipinski definition) is 0. The molecule has 0 aromatic heterocycles. The van der Waals surface area contributed by atoms with Crippen molar-refractivity contribution >= 4 is 6.29 Å². The average molecular weight is 214 g/mol. The highest BCUT2D eigenvalue weighted by Gasteiger charge is 2.59. The molecule has 2 aliphatic heterocycles. The Morgan fingerprint density at radius 1 is 1.27 bits per heavy atom. The van der Waals surface area contributed by atoms with Gasteiger partial charge >= 0.3 is 0 Å². The topological polar surface area (TPSA) is 44.8 Å². The van der Waals surface area contributed by atoms with Crippen molar-refractivity contribution in [2.75, 3.05) is 0 Å². The number of rotatable bonds is 2. The van der Waals surface area contributed by atoms with Crippen LogP contribution in [-0.2, 0) is 19.0 Å². The zero-order chi connectivity index (χ0) is 11.3. The van der Waals surface area contributed by atoms with E-state index in [0.29, 0.717) is 6.42 Å². The van der Waals surface area contributed by atoms with Crippen molar-refractivity contribution in [1.29, 1.82) is 0 Å². The largest absolute Gasteiger partial charge is 0.341 e. The van der Waals surface area contributed by atoms with Gasteiger partial charge in [0, 0.05) is 5.92 Å². The summed E-state index contributed by atoms with van der Waals surface area (Å²) in [5.41, 5.74) is -0.730. The minimum Gasteiger partial charge on any atom is -0.341 e. The van der Waals surface area contributed by atoms with Gasteiger partial charge in [-0.05, 0) is 20.3 Å². The van der Waals surface area contributed by atoms with Crippen molar-refractivity contribution in [3.8, 4) is 0 Å². The van der Waals surface area contributed by atoms with Gasteiger partial charge in [-0.25, -0.2) is 0 Å². The van der Waals surface area contributed by atoms with Gasteiger partial charge in [0.1, 0.15) is 11.7 Å². The molecule has 4 nitrogen and oxygen atoms in total. The molecule has 0 N–H and O–H groups in total. The van der Waals surface area contributed by atoms with Crippen LogP contribution >= 0.6 is 0 Å². The van der Waals surface area contributed by atoms with E-state index in [2.05, 4.69) is 0 Å². The molecule has 0 amide bonds. The van der Waals surface area contributed by atoms with E-state index in [0.717, 1.165) is 6.29 Å². The number of fused-ring (bicyclic) bond motifs is 1. The molecule has 0 spiro atoms. The van der Waals surface area contributed by atoms with Crippen molar-refractivity contribution in [3.05, 3.63) is 0 Å². The zero-order valence-corrected chi connectivity index (χ0v) is 9.65. The lowest BCUT2D eigenvalue weighted by atomic mass is 9.86. The maximum atomic E-state index is 11.1. The molecule has 2 rings (SSSR count). The molecule has 0 unspecified atom stereocenters. The van der Waals surface area contributed by atoms with Gasteiger partial charge in [-0.3, -0.25) is 0 Å². The van der Waals surface area contributed by atoms with Crippen LogP contribution in [0.15, 0.2) is 0 Å². The Balaban J connectivity index is 2.21. The second-order valence-electron chi connectivity index (χ2n) is 4.80. The monoisotopic (exact) mass is 214 g/mol.